The molecule has 0 aliphatic rings. The Kier molecular flexibility index (Phi) is 4.64. The Morgan fingerprint density at radius 1 is 1.10 bits per heavy atom. The second-order valence-electron chi connectivity index (χ2n) is 4.71. The van der Waals surface area contributed by atoms with Crippen LogP contribution in [0.15, 0.2) is 35.4 Å². The lowest BCUT2D eigenvalue weighted by Crippen LogP contribution is -2.19. The molecule has 0 N–H and O–H groups in total. The molecular formula is C13H12Br3NO2S. The molecule has 0 amide bonds. The van der Waals surface area contributed by atoms with Crippen LogP contribution in [0.1, 0.15) is 25.3 Å². The van der Waals surface area contributed by atoms with Gasteiger partial charge in [0.1, 0.15) is 0 Å². The Balaban J connectivity index is 2.59. The molecule has 0 saturated heterocycles. The Labute approximate surface area is 143 Å². The summed E-state index contributed by atoms with van der Waals surface area (Å²) in [5.41, 5.74) is 1.86. The Morgan fingerprint density at radius 2 is 1.75 bits per heavy atom. The number of alkyl halides is 3. The molecule has 0 spiro atoms. The van der Waals surface area contributed by atoms with E-state index < -0.39 is 11.3 Å². The van der Waals surface area contributed by atoms with Crippen LogP contribution < -0.4 is 0 Å². The minimum atomic E-state index is -3.66. The molecule has 1 aromatic carbocycles. The highest BCUT2D eigenvalue weighted by Crippen LogP contribution is 2.42. The number of halogens is 3. The van der Waals surface area contributed by atoms with Crippen LogP contribution in [0.2, 0.25) is 0 Å². The molecule has 0 aliphatic carbocycles. The van der Waals surface area contributed by atoms with Gasteiger partial charge >= 0.3 is 0 Å². The molecule has 0 bridgehead atoms. The largest absolute Gasteiger partial charge is 0.240 e. The Bertz CT molecular complexity index is 752. The van der Waals surface area contributed by atoms with Crippen molar-refractivity contribution in [3.05, 3.63) is 35.9 Å². The van der Waals surface area contributed by atoms with Gasteiger partial charge in [-0.2, -0.15) is 0 Å². The lowest BCUT2D eigenvalue weighted by Gasteiger charge is -2.13. The van der Waals surface area contributed by atoms with E-state index in [1.807, 2.05) is 18.2 Å². The van der Waals surface area contributed by atoms with Crippen LogP contribution in [0.3, 0.4) is 0 Å². The first-order chi connectivity index (χ1) is 9.13. The third kappa shape index (κ3) is 3.10. The van der Waals surface area contributed by atoms with E-state index in [-0.39, 0.29) is 5.03 Å². The normalized spacial score (nSPS) is 13.1. The summed E-state index contributed by atoms with van der Waals surface area (Å²) in [6.07, 6.45) is 0. The summed E-state index contributed by atoms with van der Waals surface area (Å²) in [5.74, 6) is 0.420. The molecule has 0 saturated carbocycles. The van der Waals surface area contributed by atoms with Crippen molar-refractivity contribution in [2.45, 2.75) is 26.3 Å². The SMILES string of the molecule is CC(C)c1ccc2nc(S(=O)(=O)C(Br)(Br)Br)ccc2c1. The number of rotatable bonds is 2. The minimum Gasteiger partial charge on any atom is -0.236 e. The summed E-state index contributed by atoms with van der Waals surface area (Å²) in [6, 6.07) is 9.15. The summed E-state index contributed by atoms with van der Waals surface area (Å²) >= 11 is 9.11. The van der Waals surface area contributed by atoms with Gasteiger partial charge in [-0.15, -0.1) is 0 Å². The smallest absolute Gasteiger partial charge is 0.236 e. The summed E-state index contributed by atoms with van der Waals surface area (Å²) in [4.78, 5) is 4.24. The summed E-state index contributed by atoms with van der Waals surface area (Å²) < 4.78 is 23.1. The Morgan fingerprint density at radius 3 is 2.30 bits per heavy atom. The maximum absolute atomic E-state index is 12.3. The first-order valence-corrected chi connectivity index (χ1v) is 9.71. The van der Waals surface area contributed by atoms with Gasteiger partial charge in [-0.05, 0) is 83.5 Å². The Hall–Kier alpha value is 0.0200. The second kappa shape index (κ2) is 5.66. The summed E-state index contributed by atoms with van der Waals surface area (Å²) in [5, 5.41) is 0.937. The highest BCUT2D eigenvalue weighted by atomic mass is 80.0. The van der Waals surface area contributed by atoms with Gasteiger partial charge in [0, 0.05) is 5.39 Å². The lowest BCUT2D eigenvalue weighted by molar-refractivity contribution is 0.595. The molecule has 1 heterocycles. The van der Waals surface area contributed by atoms with Crippen molar-refractivity contribution in [1.82, 2.24) is 4.98 Å². The predicted octanol–water partition coefficient (Wildman–Crippen LogP) is 4.93. The van der Waals surface area contributed by atoms with Crippen LogP contribution in [0, 0.1) is 0 Å². The van der Waals surface area contributed by atoms with Crippen LogP contribution in [0.4, 0.5) is 0 Å². The van der Waals surface area contributed by atoms with E-state index in [1.54, 1.807) is 6.07 Å². The molecule has 7 heteroatoms. The standard InChI is InChI=1S/C13H12Br3NO2S/c1-8(2)9-3-5-11-10(7-9)4-6-12(17-11)20(18,19)13(14,15)16/h3-8H,1-2H3. The maximum Gasteiger partial charge on any atom is 0.240 e. The molecule has 0 fully saturated rings. The van der Waals surface area contributed by atoms with Gasteiger partial charge in [0.15, 0.2) is 5.03 Å². The van der Waals surface area contributed by atoms with Gasteiger partial charge in [-0.3, -0.25) is 0 Å². The molecule has 1 aromatic heterocycles. The minimum absolute atomic E-state index is 0.00734. The van der Waals surface area contributed by atoms with Crippen molar-refractivity contribution < 1.29 is 8.42 Å². The summed E-state index contributed by atoms with van der Waals surface area (Å²) in [7, 11) is -3.66. The van der Waals surface area contributed by atoms with E-state index in [0.717, 1.165) is 5.39 Å². The van der Waals surface area contributed by atoms with E-state index in [2.05, 4.69) is 66.6 Å². The average Bonchev–Trinajstić information content (AvgIpc) is 2.36. The fourth-order valence-electron chi connectivity index (χ4n) is 1.75. The zero-order chi connectivity index (χ0) is 15.1. The molecular weight excluding hydrogens is 474 g/mol. The van der Waals surface area contributed by atoms with Gasteiger partial charge in [0.25, 0.3) is 0 Å². The van der Waals surface area contributed by atoms with Crippen molar-refractivity contribution in [3.8, 4) is 0 Å². The molecule has 20 heavy (non-hydrogen) atoms. The van der Waals surface area contributed by atoms with Crippen LogP contribution in [0.5, 0.6) is 0 Å². The molecule has 0 atom stereocenters. The van der Waals surface area contributed by atoms with Crippen LogP contribution in [0.25, 0.3) is 10.9 Å². The van der Waals surface area contributed by atoms with Gasteiger partial charge in [0.05, 0.1) is 5.52 Å². The quantitative estimate of drug-likeness (QED) is 0.567. The molecule has 2 rings (SSSR count). The van der Waals surface area contributed by atoms with Gasteiger partial charge in [-0.25, -0.2) is 13.4 Å². The van der Waals surface area contributed by atoms with Gasteiger partial charge in [-0.1, -0.05) is 19.9 Å². The van der Waals surface area contributed by atoms with Crippen molar-refractivity contribution >= 4 is 68.5 Å². The zero-order valence-electron chi connectivity index (χ0n) is 10.8. The van der Waals surface area contributed by atoms with E-state index >= 15 is 0 Å². The number of nitrogens with zero attached hydrogens (tertiary/aromatic N) is 1. The van der Waals surface area contributed by atoms with Crippen LogP contribution >= 0.6 is 47.8 Å². The number of hydrogen-bond acceptors (Lipinski definition) is 3. The average molecular weight is 486 g/mol. The maximum atomic E-state index is 12.3. The number of benzene rings is 1. The van der Waals surface area contributed by atoms with Crippen LogP contribution in [-0.2, 0) is 9.84 Å². The number of pyridine rings is 1. The van der Waals surface area contributed by atoms with E-state index in [4.69, 9.17) is 0 Å². The summed E-state index contributed by atoms with van der Waals surface area (Å²) in [6.45, 7) is 4.23. The second-order valence-corrected chi connectivity index (χ2v) is 15.1. The molecule has 3 nitrogen and oxygen atoms in total. The zero-order valence-corrected chi connectivity index (χ0v) is 16.3. The first-order valence-electron chi connectivity index (χ1n) is 5.85. The molecule has 0 radical (unpaired) electrons. The third-order valence-corrected chi connectivity index (χ3v) is 8.16. The number of hydrogen-bond donors (Lipinski definition) is 0. The topological polar surface area (TPSA) is 47.0 Å². The van der Waals surface area contributed by atoms with Gasteiger partial charge in [0.2, 0.25) is 11.3 Å². The molecule has 0 unspecified atom stereocenters. The van der Waals surface area contributed by atoms with Crippen molar-refractivity contribution in [3.63, 3.8) is 0 Å². The number of sulfone groups is 1. The van der Waals surface area contributed by atoms with E-state index in [0.29, 0.717) is 11.4 Å². The van der Waals surface area contributed by atoms with E-state index in [9.17, 15) is 8.42 Å². The van der Waals surface area contributed by atoms with E-state index in [1.165, 1.54) is 11.6 Å². The third-order valence-electron chi connectivity index (χ3n) is 2.93. The fraction of sp³-hybridized carbons (Fsp3) is 0.308. The molecule has 108 valence electrons. The number of fused-ring (bicyclic) bond motifs is 1. The lowest BCUT2D eigenvalue weighted by atomic mass is 10.0. The monoisotopic (exact) mass is 483 g/mol. The number of aromatic nitrogens is 1. The van der Waals surface area contributed by atoms with Crippen LogP contribution in [-0.4, -0.2) is 14.9 Å². The predicted molar refractivity (Wildman–Crippen MR) is 92.5 cm³/mol. The highest BCUT2D eigenvalue weighted by molar-refractivity contribution is 9.42. The molecule has 2 aromatic rings. The fourth-order valence-corrected chi connectivity index (χ4v) is 3.95. The van der Waals surface area contributed by atoms with Crippen molar-refractivity contribution in [1.29, 1.82) is 0 Å². The van der Waals surface area contributed by atoms with Crippen molar-refractivity contribution in [2.75, 3.05) is 0 Å². The van der Waals surface area contributed by atoms with Crippen molar-refractivity contribution in [2.24, 2.45) is 0 Å². The first kappa shape index (κ1) is 16.4. The van der Waals surface area contributed by atoms with Gasteiger partial charge < -0.3 is 0 Å². The highest BCUT2D eigenvalue weighted by Gasteiger charge is 2.38. The molecule has 0 aliphatic heterocycles.